The quantitative estimate of drug-likeness (QED) is 0.385. The Morgan fingerprint density at radius 1 is 1.08 bits per heavy atom. The lowest BCUT2D eigenvalue weighted by Crippen LogP contribution is -2.58. The molecule has 2 bridgehead atoms. The van der Waals surface area contributed by atoms with Crippen LogP contribution in [0.25, 0.3) is 0 Å². The van der Waals surface area contributed by atoms with Gasteiger partial charge in [0.2, 0.25) is 17.7 Å². The van der Waals surface area contributed by atoms with E-state index >= 15 is 0 Å². The van der Waals surface area contributed by atoms with Gasteiger partial charge in [0.15, 0.2) is 0 Å². The average molecular weight is 601 g/mol. The van der Waals surface area contributed by atoms with Crippen molar-refractivity contribution in [3.05, 3.63) is 71.8 Å². The van der Waals surface area contributed by atoms with Gasteiger partial charge in [0, 0.05) is 22.7 Å². The number of aliphatic hydroxyl groups excluding tert-OH is 1. The molecule has 7 atom stereocenters. The Bertz CT molecular complexity index is 1180. The highest BCUT2D eigenvalue weighted by molar-refractivity contribution is 9.09. The molecule has 0 saturated carbocycles. The first-order valence-corrected chi connectivity index (χ1v) is 15.0. The van der Waals surface area contributed by atoms with Crippen LogP contribution in [-0.2, 0) is 27.3 Å². The Morgan fingerprint density at radius 2 is 1.71 bits per heavy atom. The summed E-state index contributed by atoms with van der Waals surface area (Å²) in [7, 11) is 0. The molecule has 5 rings (SSSR count). The van der Waals surface area contributed by atoms with Crippen LogP contribution < -0.4 is 10.6 Å². The van der Waals surface area contributed by atoms with Crippen molar-refractivity contribution in [3.8, 4) is 0 Å². The van der Waals surface area contributed by atoms with E-state index in [2.05, 4.69) is 26.6 Å². The first-order valence-electron chi connectivity index (χ1n) is 13.2. The normalized spacial score (nSPS) is 30.4. The largest absolute Gasteiger partial charge is 0.394 e. The van der Waals surface area contributed by atoms with E-state index < -0.39 is 28.7 Å². The van der Waals surface area contributed by atoms with E-state index in [1.165, 1.54) is 0 Å². The molecule has 0 aromatic heterocycles. The molecule has 2 aromatic rings. The van der Waals surface area contributed by atoms with E-state index in [0.29, 0.717) is 19.4 Å². The van der Waals surface area contributed by atoms with E-state index in [1.54, 1.807) is 16.7 Å². The molecule has 3 unspecified atom stereocenters. The lowest BCUT2D eigenvalue weighted by atomic mass is 9.70. The Labute approximate surface area is 236 Å². The van der Waals surface area contributed by atoms with Gasteiger partial charge in [-0.3, -0.25) is 14.4 Å². The lowest BCUT2D eigenvalue weighted by molar-refractivity contribution is -0.142. The summed E-state index contributed by atoms with van der Waals surface area (Å²) in [6.07, 6.45) is 1.03. The van der Waals surface area contributed by atoms with Gasteiger partial charge in [0.05, 0.1) is 29.2 Å². The minimum absolute atomic E-state index is 0.0000233. The summed E-state index contributed by atoms with van der Waals surface area (Å²) in [4.78, 5) is 43.3. The SMILES string of the molecule is CC(C)NC(=O)C1N([C@@H](CO)Cc2ccccc2)C(=O)[C@@H]2[C@@H](C(=O)NCc3ccccc3)[C@@H]3SC12CC3Br. The zero-order valence-corrected chi connectivity index (χ0v) is 24.0. The van der Waals surface area contributed by atoms with Crippen molar-refractivity contribution in [3.63, 3.8) is 0 Å². The molecule has 3 amide bonds. The second-order valence-corrected chi connectivity index (χ2v) is 13.5. The van der Waals surface area contributed by atoms with Crippen LogP contribution in [-0.4, -0.2) is 67.3 Å². The van der Waals surface area contributed by atoms with Crippen molar-refractivity contribution in [2.45, 2.75) is 66.2 Å². The molecule has 7 nitrogen and oxygen atoms in total. The lowest BCUT2D eigenvalue weighted by Gasteiger charge is -2.37. The third-order valence-corrected chi connectivity index (χ3v) is 11.2. The summed E-state index contributed by atoms with van der Waals surface area (Å²) in [5, 5.41) is 16.5. The maximum atomic E-state index is 14.3. The van der Waals surface area contributed by atoms with Crippen LogP contribution in [0, 0.1) is 11.8 Å². The topological polar surface area (TPSA) is 98.7 Å². The Balaban J connectivity index is 1.49. The van der Waals surface area contributed by atoms with Gasteiger partial charge in [0.1, 0.15) is 6.04 Å². The van der Waals surface area contributed by atoms with E-state index in [1.807, 2.05) is 74.5 Å². The molecule has 3 saturated heterocycles. The molecule has 3 heterocycles. The Kier molecular flexibility index (Phi) is 7.89. The molecule has 3 N–H and O–H groups in total. The number of halogens is 1. The summed E-state index contributed by atoms with van der Waals surface area (Å²) in [5.74, 6) is -1.79. The molecular formula is C29H34BrN3O4S. The standard InChI is InChI=1S/C29H34BrN3O4S/c1-17(2)32-27(36)25-29-14-21(30)24(38-29)22(26(35)31-15-19-11-7-4-8-12-19)23(29)28(37)33(25)20(16-34)13-18-9-5-3-6-10-18/h3-12,17,20-25,34H,13-16H2,1-2H3,(H,31,35)(H,32,36)/t20-,21?,22-,23+,24-,25?,29?/m1/s1. The minimum Gasteiger partial charge on any atom is -0.394 e. The molecule has 3 aliphatic heterocycles. The number of nitrogens with zero attached hydrogens (tertiary/aromatic N) is 1. The number of benzene rings is 2. The predicted molar refractivity (Wildman–Crippen MR) is 152 cm³/mol. The maximum Gasteiger partial charge on any atom is 0.244 e. The van der Waals surface area contributed by atoms with Crippen LogP contribution >= 0.6 is 27.7 Å². The van der Waals surface area contributed by atoms with Crippen LogP contribution in [0.1, 0.15) is 31.4 Å². The monoisotopic (exact) mass is 599 g/mol. The average Bonchev–Trinajstić information content (AvgIpc) is 3.50. The van der Waals surface area contributed by atoms with Gasteiger partial charge in [-0.2, -0.15) is 0 Å². The summed E-state index contributed by atoms with van der Waals surface area (Å²) >= 11 is 5.40. The van der Waals surface area contributed by atoms with Crippen molar-refractivity contribution < 1.29 is 19.5 Å². The molecule has 2 aromatic carbocycles. The molecule has 0 radical (unpaired) electrons. The first kappa shape index (κ1) is 27.2. The Hall–Kier alpha value is -2.36. The molecule has 3 aliphatic rings. The number of alkyl halides is 1. The molecular weight excluding hydrogens is 566 g/mol. The number of carbonyl (C=O) groups excluding carboxylic acids is 3. The van der Waals surface area contributed by atoms with Crippen LogP contribution in [0.2, 0.25) is 0 Å². The van der Waals surface area contributed by atoms with Crippen LogP contribution in [0.15, 0.2) is 60.7 Å². The van der Waals surface area contributed by atoms with Gasteiger partial charge in [-0.05, 0) is 37.8 Å². The number of fused-ring (bicyclic) bond motifs is 1. The summed E-state index contributed by atoms with van der Waals surface area (Å²) < 4.78 is -0.742. The van der Waals surface area contributed by atoms with E-state index in [4.69, 9.17) is 0 Å². The fraction of sp³-hybridized carbons (Fsp3) is 0.483. The number of carbonyl (C=O) groups is 3. The second-order valence-electron chi connectivity index (χ2n) is 10.8. The van der Waals surface area contributed by atoms with Crippen LogP contribution in [0.3, 0.4) is 0 Å². The van der Waals surface area contributed by atoms with Crippen LogP contribution in [0.4, 0.5) is 0 Å². The molecule has 0 aliphatic carbocycles. The van der Waals surface area contributed by atoms with E-state index in [0.717, 1.165) is 11.1 Å². The fourth-order valence-corrected chi connectivity index (χ4v) is 10.1. The van der Waals surface area contributed by atoms with Gasteiger partial charge >= 0.3 is 0 Å². The van der Waals surface area contributed by atoms with Crippen molar-refractivity contribution in [2.24, 2.45) is 11.8 Å². The smallest absolute Gasteiger partial charge is 0.244 e. The minimum atomic E-state index is -0.773. The first-order chi connectivity index (χ1) is 18.3. The highest BCUT2D eigenvalue weighted by Crippen LogP contribution is 2.68. The number of thioether (sulfide) groups is 1. The van der Waals surface area contributed by atoms with Gasteiger partial charge in [0.25, 0.3) is 0 Å². The summed E-state index contributed by atoms with van der Waals surface area (Å²) in [6.45, 7) is 3.90. The van der Waals surface area contributed by atoms with E-state index in [9.17, 15) is 19.5 Å². The van der Waals surface area contributed by atoms with Crippen molar-refractivity contribution >= 4 is 45.4 Å². The third-order valence-electron chi connectivity index (χ3n) is 7.94. The molecule has 38 heavy (non-hydrogen) atoms. The van der Waals surface area contributed by atoms with E-state index in [-0.39, 0.29) is 40.4 Å². The number of hydrogen-bond acceptors (Lipinski definition) is 5. The van der Waals surface area contributed by atoms with Crippen molar-refractivity contribution in [1.82, 2.24) is 15.5 Å². The third kappa shape index (κ3) is 4.77. The van der Waals surface area contributed by atoms with Crippen molar-refractivity contribution in [2.75, 3.05) is 6.61 Å². The molecule has 1 spiro atoms. The van der Waals surface area contributed by atoms with Gasteiger partial charge in [-0.25, -0.2) is 0 Å². The zero-order chi connectivity index (χ0) is 27.0. The highest BCUT2D eigenvalue weighted by atomic mass is 79.9. The number of amides is 3. The number of nitrogens with one attached hydrogen (secondary N) is 2. The van der Waals surface area contributed by atoms with Gasteiger partial charge in [-0.15, -0.1) is 11.8 Å². The summed E-state index contributed by atoms with van der Waals surface area (Å²) in [5.41, 5.74) is 1.96. The van der Waals surface area contributed by atoms with Gasteiger partial charge < -0.3 is 20.6 Å². The summed E-state index contributed by atoms with van der Waals surface area (Å²) in [6, 6.07) is 17.9. The maximum absolute atomic E-state index is 14.3. The number of likely N-dealkylation sites (tertiary alicyclic amines) is 1. The number of hydrogen-bond donors (Lipinski definition) is 3. The zero-order valence-electron chi connectivity index (χ0n) is 21.5. The molecule has 202 valence electrons. The van der Waals surface area contributed by atoms with Gasteiger partial charge in [-0.1, -0.05) is 76.6 Å². The van der Waals surface area contributed by atoms with Crippen LogP contribution in [0.5, 0.6) is 0 Å². The number of rotatable bonds is 9. The number of aliphatic hydroxyl groups is 1. The Morgan fingerprint density at radius 3 is 2.32 bits per heavy atom. The van der Waals surface area contributed by atoms with Crippen molar-refractivity contribution in [1.29, 1.82) is 0 Å². The molecule has 3 fully saturated rings. The fourth-order valence-electron chi connectivity index (χ4n) is 6.46. The molecule has 9 heteroatoms. The predicted octanol–water partition coefficient (Wildman–Crippen LogP) is 2.90. The highest BCUT2D eigenvalue weighted by Gasteiger charge is 2.76. The second kappa shape index (κ2) is 11.0.